The van der Waals surface area contributed by atoms with Gasteiger partial charge < -0.3 is 23.7 Å². The number of thiophene rings is 1. The maximum atomic E-state index is 13.6. The smallest absolute Gasteiger partial charge is 0.290 e. The number of rotatable bonds is 10. The molecule has 3 aromatic rings. The van der Waals surface area contributed by atoms with Gasteiger partial charge in [0.25, 0.3) is 5.91 Å². The number of ether oxygens (including phenoxy) is 2. The third kappa shape index (κ3) is 5.51. The molecule has 2 amide bonds. The van der Waals surface area contributed by atoms with Crippen LogP contribution in [0.2, 0.25) is 0 Å². The first-order chi connectivity index (χ1) is 16.6. The summed E-state index contributed by atoms with van der Waals surface area (Å²) in [5.74, 6) is 0.637. The minimum atomic E-state index is -0.296. The summed E-state index contributed by atoms with van der Waals surface area (Å²) >= 11 is 1.71. The van der Waals surface area contributed by atoms with E-state index < -0.39 is 0 Å². The molecule has 34 heavy (non-hydrogen) atoms. The van der Waals surface area contributed by atoms with Gasteiger partial charge in [-0.25, -0.2) is 0 Å². The van der Waals surface area contributed by atoms with Crippen molar-refractivity contribution in [3.63, 3.8) is 0 Å². The highest BCUT2D eigenvalue weighted by molar-refractivity contribution is 7.10. The van der Waals surface area contributed by atoms with E-state index in [1.807, 2.05) is 36.1 Å². The lowest BCUT2D eigenvalue weighted by Gasteiger charge is -2.37. The Balaban J connectivity index is 1.51. The molecule has 7 nitrogen and oxygen atoms in total. The lowest BCUT2D eigenvalue weighted by atomic mass is 10.00. The Morgan fingerprint density at radius 3 is 2.82 bits per heavy atom. The van der Waals surface area contributed by atoms with Gasteiger partial charge in [0.05, 0.1) is 12.3 Å². The molecular formula is C26H30N2O5S. The molecule has 0 fully saturated rings. The lowest BCUT2D eigenvalue weighted by Crippen LogP contribution is -2.48. The van der Waals surface area contributed by atoms with Gasteiger partial charge in [-0.3, -0.25) is 9.59 Å². The Labute approximate surface area is 203 Å². The van der Waals surface area contributed by atoms with Crippen molar-refractivity contribution >= 4 is 23.2 Å². The van der Waals surface area contributed by atoms with Crippen LogP contribution in [0.1, 0.15) is 39.0 Å². The summed E-state index contributed by atoms with van der Waals surface area (Å²) in [6.45, 7) is 3.84. The average molecular weight is 483 g/mol. The summed E-state index contributed by atoms with van der Waals surface area (Å²) in [5, 5.41) is 2.07. The third-order valence-corrected chi connectivity index (χ3v) is 7.02. The number of carbonyl (C=O) groups is 2. The summed E-state index contributed by atoms with van der Waals surface area (Å²) < 4.78 is 16.6. The first kappa shape index (κ1) is 24.0. The summed E-state index contributed by atoms with van der Waals surface area (Å²) in [6, 6.07) is 13.0. The van der Waals surface area contributed by atoms with Crippen LogP contribution in [-0.4, -0.2) is 61.6 Å². The van der Waals surface area contributed by atoms with E-state index in [0.29, 0.717) is 32.7 Å². The van der Waals surface area contributed by atoms with Crippen LogP contribution in [0.5, 0.6) is 5.75 Å². The monoisotopic (exact) mass is 482 g/mol. The van der Waals surface area contributed by atoms with Crippen molar-refractivity contribution < 1.29 is 23.5 Å². The number of aryl methyl sites for hydroxylation is 1. The quantitative estimate of drug-likeness (QED) is 0.402. The van der Waals surface area contributed by atoms with Gasteiger partial charge in [0, 0.05) is 31.7 Å². The molecule has 0 saturated heterocycles. The molecular weight excluding hydrogens is 452 g/mol. The number of methoxy groups -OCH3 is 1. The second-order valence-corrected chi connectivity index (χ2v) is 9.28. The molecule has 4 rings (SSSR count). The van der Waals surface area contributed by atoms with Gasteiger partial charge in [-0.2, -0.15) is 0 Å². The van der Waals surface area contributed by atoms with Crippen molar-refractivity contribution in [1.29, 1.82) is 0 Å². The molecule has 1 aliphatic heterocycles. The zero-order chi connectivity index (χ0) is 23.9. The summed E-state index contributed by atoms with van der Waals surface area (Å²) in [6.07, 6.45) is 2.89. The largest absolute Gasteiger partial charge is 0.491 e. The molecule has 0 saturated carbocycles. The maximum Gasteiger partial charge on any atom is 0.290 e. The van der Waals surface area contributed by atoms with Gasteiger partial charge in [0.2, 0.25) is 5.91 Å². The van der Waals surface area contributed by atoms with Gasteiger partial charge >= 0.3 is 0 Å². The summed E-state index contributed by atoms with van der Waals surface area (Å²) in [7, 11) is 1.62. The first-order valence-electron chi connectivity index (χ1n) is 11.4. The van der Waals surface area contributed by atoms with Gasteiger partial charge in [-0.05, 0) is 60.5 Å². The van der Waals surface area contributed by atoms with Crippen LogP contribution in [-0.2, 0) is 16.0 Å². The summed E-state index contributed by atoms with van der Waals surface area (Å²) in [5.41, 5.74) is 2.18. The number of para-hydroxylation sites is 1. The van der Waals surface area contributed by atoms with Crippen LogP contribution in [0.4, 0.5) is 0 Å². The number of hydrogen-bond donors (Lipinski definition) is 0. The normalized spacial score (nSPS) is 15.1. The Morgan fingerprint density at radius 2 is 2.06 bits per heavy atom. The Hall–Kier alpha value is -3.10. The number of amides is 2. The number of hydrogen-bond acceptors (Lipinski definition) is 6. The molecule has 0 bridgehead atoms. The fourth-order valence-corrected chi connectivity index (χ4v) is 5.15. The van der Waals surface area contributed by atoms with Crippen LogP contribution in [0.15, 0.2) is 58.5 Å². The van der Waals surface area contributed by atoms with E-state index in [2.05, 4.69) is 11.4 Å². The first-order valence-corrected chi connectivity index (χ1v) is 12.3. The minimum absolute atomic E-state index is 0.0242. The fourth-order valence-electron chi connectivity index (χ4n) is 4.22. The van der Waals surface area contributed by atoms with Crippen LogP contribution >= 0.6 is 11.3 Å². The number of fused-ring (bicyclic) bond motifs is 1. The van der Waals surface area contributed by atoms with Gasteiger partial charge in [-0.1, -0.05) is 18.2 Å². The number of furan rings is 1. The predicted molar refractivity (Wildman–Crippen MR) is 130 cm³/mol. The summed E-state index contributed by atoms with van der Waals surface area (Å²) in [4.78, 5) is 31.2. The minimum Gasteiger partial charge on any atom is -0.491 e. The molecule has 8 heteroatoms. The highest BCUT2D eigenvalue weighted by atomic mass is 32.1. The van der Waals surface area contributed by atoms with E-state index in [0.717, 1.165) is 23.3 Å². The van der Waals surface area contributed by atoms with Crippen LogP contribution in [0.3, 0.4) is 0 Å². The molecule has 1 aromatic carbocycles. The van der Waals surface area contributed by atoms with Gasteiger partial charge in [0.1, 0.15) is 18.9 Å². The molecule has 3 heterocycles. The Bertz CT molecular complexity index is 1090. The second kappa shape index (κ2) is 11.4. The van der Waals surface area contributed by atoms with Crippen LogP contribution in [0.25, 0.3) is 0 Å². The van der Waals surface area contributed by atoms with E-state index in [1.54, 1.807) is 35.5 Å². The topological polar surface area (TPSA) is 72.2 Å². The Kier molecular flexibility index (Phi) is 8.03. The molecule has 0 unspecified atom stereocenters. The van der Waals surface area contributed by atoms with Crippen molar-refractivity contribution in [1.82, 2.24) is 9.80 Å². The van der Waals surface area contributed by atoms with Crippen molar-refractivity contribution in [2.24, 2.45) is 0 Å². The number of nitrogens with zero attached hydrogens (tertiary/aromatic N) is 2. The maximum absolute atomic E-state index is 13.6. The standard InChI is InChI=1S/C26H30N2O5S/c1-19-7-3-4-8-22(19)33-18-21-20-11-16-34-24(20)10-13-28(21)25(29)17-27(12-6-14-31-2)26(30)23-9-5-15-32-23/h3-5,7-9,11,15-16,21H,6,10,12-14,17-18H2,1-2H3/t21-/m1/s1. The molecule has 180 valence electrons. The van der Waals surface area contributed by atoms with Crippen LogP contribution < -0.4 is 4.74 Å². The predicted octanol–water partition coefficient (Wildman–Crippen LogP) is 4.33. The molecule has 0 spiro atoms. The van der Waals surface area contributed by atoms with Gasteiger partial charge in [0.15, 0.2) is 5.76 Å². The third-order valence-electron chi connectivity index (χ3n) is 6.03. The number of carbonyl (C=O) groups excluding carboxylic acids is 2. The van der Waals surface area contributed by atoms with Crippen molar-refractivity contribution in [3.8, 4) is 5.75 Å². The van der Waals surface area contributed by atoms with Crippen molar-refractivity contribution in [2.75, 3.05) is 40.0 Å². The lowest BCUT2D eigenvalue weighted by molar-refractivity contribution is -0.135. The molecule has 1 atom stereocenters. The molecule has 2 aromatic heterocycles. The van der Waals surface area contributed by atoms with Crippen LogP contribution in [0, 0.1) is 6.92 Å². The fraction of sp³-hybridized carbons (Fsp3) is 0.385. The molecule has 1 aliphatic rings. The van der Waals surface area contributed by atoms with E-state index in [9.17, 15) is 9.59 Å². The van der Waals surface area contributed by atoms with E-state index in [1.165, 1.54) is 11.1 Å². The van der Waals surface area contributed by atoms with Crippen molar-refractivity contribution in [3.05, 3.63) is 75.9 Å². The van der Waals surface area contributed by atoms with E-state index in [-0.39, 0.29) is 30.2 Å². The molecule has 0 N–H and O–H groups in total. The van der Waals surface area contributed by atoms with Gasteiger partial charge in [-0.15, -0.1) is 11.3 Å². The average Bonchev–Trinajstić information content (AvgIpc) is 3.54. The highest BCUT2D eigenvalue weighted by Crippen LogP contribution is 2.34. The van der Waals surface area contributed by atoms with E-state index in [4.69, 9.17) is 13.9 Å². The Morgan fingerprint density at radius 1 is 1.21 bits per heavy atom. The SMILES string of the molecule is COCCCN(CC(=O)N1CCc2sccc2[C@H]1COc1ccccc1C)C(=O)c1ccco1. The second-order valence-electron chi connectivity index (χ2n) is 8.28. The zero-order valence-corrected chi connectivity index (χ0v) is 20.4. The molecule has 0 radical (unpaired) electrons. The molecule has 0 aliphatic carbocycles. The van der Waals surface area contributed by atoms with E-state index >= 15 is 0 Å². The van der Waals surface area contributed by atoms with Crippen molar-refractivity contribution in [2.45, 2.75) is 25.8 Å². The zero-order valence-electron chi connectivity index (χ0n) is 19.6. The number of benzene rings is 1. The highest BCUT2D eigenvalue weighted by Gasteiger charge is 2.34.